The Bertz CT molecular complexity index is 989. The van der Waals surface area contributed by atoms with Gasteiger partial charge in [0.1, 0.15) is 0 Å². The van der Waals surface area contributed by atoms with E-state index in [1.54, 1.807) is 17.0 Å². The second kappa shape index (κ2) is 8.81. The van der Waals surface area contributed by atoms with Crippen molar-refractivity contribution in [2.45, 2.75) is 13.3 Å². The number of aromatic nitrogens is 2. The summed E-state index contributed by atoms with van der Waals surface area (Å²) in [5.41, 5.74) is 1.99. The Labute approximate surface area is 173 Å². The average Bonchev–Trinajstić information content (AvgIpc) is 3.50. The molecule has 0 saturated carbocycles. The number of amides is 2. The second-order valence-electron chi connectivity index (χ2n) is 6.94. The lowest BCUT2D eigenvalue weighted by atomic mass is 10.1. The van der Waals surface area contributed by atoms with Crippen molar-refractivity contribution in [3.8, 4) is 11.4 Å². The van der Waals surface area contributed by atoms with Crippen molar-refractivity contribution in [3.05, 3.63) is 54.3 Å². The molecule has 3 aromatic rings. The number of hydrogen-bond donors (Lipinski definition) is 1. The smallest absolute Gasteiger partial charge is 0.287 e. The minimum Gasteiger partial charge on any atom is -0.459 e. The molecule has 0 aliphatic carbocycles. The lowest BCUT2D eigenvalue weighted by Crippen LogP contribution is -2.51. The molecule has 1 aliphatic rings. The SMILES string of the molecule is CCc1nc(-c2ccc(N3CCN(C(=O)CNC(=O)c4ccco4)CC3)cc2)no1. The molecular weight excluding hydrogens is 386 g/mol. The maximum atomic E-state index is 12.4. The van der Waals surface area contributed by atoms with Crippen LogP contribution in [-0.4, -0.2) is 59.6 Å². The molecule has 0 unspecified atom stereocenters. The van der Waals surface area contributed by atoms with Gasteiger partial charge in [-0.1, -0.05) is 12.1 Å². The Hall–Kier alpha value is -3.62. The third-order valence-corrected chi connectivity index (χ3v) is 5.04. The first-order chi connectivity index (χ1) is 14.6. The van der Waals surface area contributed by atoms with Gasteiger partial charge in [0, 0.05) is 43.9 Å². The molecule has 2 amide bonds. The highest BCUT2D eigenvalue weighted by molar-refractivity contribution is 5.94. The van der Waals surface area contributed by atoms with Crippen LogP contribution in [0.25, 0.3) is 11.4 Å². The summed E-state index contributed by atoms with van der Waals surface area (Å²) < 4.78 is 10.2. The Morgan fingerprint density at radius 2 is 1.87 bits per heavy atom. The average molecular weight is 409 g/mol. The van der Waals surface area contributed by atoms with Gasteiger partial charge >= 0.3 is 0 Å². The minimum absolute atomic E-state index is 0.0430. The molecule has 0 spiro atoms. The summed E-state index contributed by atoms with van der Waals surface area (Å²) in [4.78, 5) is 32.6. The molecule has 0 atom stereocenters. The molecule has 156 valence electrons. The number of anilines is 1. The summed E-state index contributed by atoms with van der Waals surface area (Å²) >= 11 is 0. The van der Waals surface area contributed by atoms with Crippen LogP contribution >= 0.6 is 0 Å². The van der Waals surface area contributed by atoms with Gasteiger partial charge in [-0.15, -0.1) is 0 Å². The predicted octanol–water partition coefficient (Wildman–Crippen LogP) is 1.97. The third-order valence-electron chi connectivity index (χ3n) is 5.04. The lowest BCUT2D eigenvalue weighted by molar-refractivity contribution is -0.130. The number of furan rings is 1. The molecule has 1 aromatic carbocycles. The number of rotatable bonds is 6. The highest BCUT2D eigenvalue weighted by Crippen LogP contribution is 2.22. The number of carbonyl (C=O) groups excluding carboxylic acids is 2. The zero-order chi connectivity index (χ0) is 20.9. The van der Waals surface area contributed by atoms with Crippen LogP contribution in [0.5, 0.6) is 0 Å². The van der Waals surface area contributed by atoms with Crippen molar-refractivity contribution in [1.82, 2.24) is 20.4 Å². The number of nitrogens with one attached hydrogen (secondary N) is 1. The van der Waals surface area contributed by atoms with E-state index >= 15 is 0 Å². The number of hydrogen-bond acceptors (Lipinski definition) is 7. The fourth-order valence-electron chi connectivity index (χ4n) is 3.31. The molecule has 1 saturated heterocycles. The fraction of sp³-hybridized carbons (Fsp3) is 0.333. The van der Waals surface area contributed by atoms with Crippen LogP contribution in [0, 0.1) is 0 Å². The first-order valence-electron chi connectivity index (χ1n) is 9.91. The van der Waals surface area contributed by atoms with E-state index < -0.39 is 0 Å². The molecule has 30 heavy (non-hydrogen) atoms. The van der Waals surface area contributed by atoms with E-state index in [4.69, 9.17) is 8.94 Å². The van der Waals surface area contributed by atoms with Gasteiger partial charge in [0.2, 0.25) is 17.6 Å². The van der Waals surface area contributed by atoms with Crippen molar-refractivity contribution in [2.24, 2.45) is 0 Å². The molecule has 4 rings (SSSR count). The van der Waals surface area contributed by atoms with Gasteiger partial charge in [-0.2, -0.15) is 4.98 Å². The number of nitrogens with zero attached hydrogens (tertiary/aromatic N) is 4. The van der Waals surface area contributed by atoms with Crippen molar-refractivity contribution in [2.75, 3.05) is 37.6 Å². The Morgan fingerprint density at radius 1 is 1.10 bits per heavy atom. The normalized spacial score (nSPS) is 14.0. The van der Waals surface area contributed by atoms with Crippen LogP contribution in [0.2, 0.25) is 0 Å². The Balaban J connectivity index is 1.27. The van der Waals surface area contributed by atoms with Crippen molar-refractivity contribution < 1.29 is 18.5 Å². The molecule has 2 aromatic heterocycles. The maximum absolute atomic E-state index is 12.4. The first kappa shape index (κ1) is 19.7. The van der Waals surface area contributed by atoms with Crippen LogP contribution in [-0.2, 0) is 11.2 Å². The lowest BCUT2D eigenvalue weighted by Gasteiger charge is -2.36. The highest BCUT2D eigenvalue weighted by atomic mass is 16.5. The molecular formula is C21H23N5O4. The summed E-state index contributed by atoms with van der Waals surface area (Å²) in [6.45, 7) is 4.57. The molecule has 0 bridgehead atoms. The number of aryl methyl sites for hydroxylation is 1. The van der Waals surface area contributed by atoms with Crippen molar-refractivity contribution in [3.63, 3.8) is 0 Å². The summed E-state index contributed by atoms with van der Waals surface area (Å²) in [5, 5.41) is 6.59. The van der Waals surface area contributed by atoms with Crippen molar-refractivity contribution in [1.29, 1.82) is 0 Å². The van der Waals surface area contributed by atoms with Crippen LogP contribution in [0.1, 0.15) is 23.4 Å². The van der Waals surface area contributed by atoms with E-state index in [2.05, 4.69) is 20.4 Å². The van der Waals surface area contributed by atoms with Gasteiger partial charge in [0.05, 0.1) is 12.8 Å². The molecule has 0 radical (unpaired) electrons. The molecule has 1 N–H and O–H groups in total. The molecule has 9 heteroatoms. The van der Waals surface area contributed by atoms with Crippen LogP contribution < -0.4 is 10.2 Å². The monoisotopic (exact) mass is 409 g/mol. The van der Waals surface area contributed by atoms with E-state index in [1.807, 2.05) is 31.2 Å². The standard InChI is InChI=1S/C21H23N5O4/c1-2-18-23-20(24-30-18)15-5-7-16(8-6-15)25-9-11-26(12-10-25)19(27)14-22-21(28)17-4-3-13-29-17/h3-8,13H,2,9-12,14H2,1H3,(H,22,28). The van der Waals surface area contributed by atoms with Gasteiger partial charge in [0.25, 0.3) is 5.91 Å². The van der Waals surface area contributed by atoms with Crippen LogP contribution in [0.3, 0.4) is 0 Å². The summed E-state index contributed by atoms with van der Waals surface area (Å²) in [6, 6.07) is 11.2. The third kappa shape index (κ3) is 4.35. The second-order valence-corrected chi connectivity index (χ2v) is 6.94. The Morgan fingerprint density at radius 3 is 2.50 bits per heavy atom. The predicted molar refractivity (Wildman–Crippen MR) is 109 cm³/mol. The number of benzene rings is 1. The van der Waals surface area contributed by atoms with Gasteiger partial charge in [0.15, 0.2) is 5.76 Å². The Kier molecular flexibility index (Phi) is 5.78. The first-order valence-corrected chi connectivity index (χ1v) is 9.91. The summed E-state index contributed by atoms with van der Waals surface area (Å²) in [6.07, 6.45) is 2.13. The summed E-state index contributed by atoms with van der Waals surface area (Å²) in [7, 11) is 0. The largest absolute Gasteiger partial charge is 0.459 e. The minimum atomic E-state index is -0.389. The van der Waals surface area contributed by atoms with E-state index in [0.717, 1.165) is 24.3 Å². The molecule has 1 aliphatic heterocycles. The van der Waals surface area contributed by atoms with E-state index in [0.29, 0.717) is 31.2 Å². The van der Waals surface area contributed by atoms with Crippen molar-refractivity contribution >= 4 is 17.5 Å². The highest BCUT2D eigenvalue weighted by Gasteiger charge is 2.22. The van der Waals surface area contributed by atoms with Crippen LogP contribution in [0.15, 0.2) is 51.6 Å². The van der Waals surface area contributed by atoms with Gasteiger partial charge in [-0.3, -0.25) is 9.59 Å². The van der Waals surface area contributed by atoms with Crippen LogP contribution in [0.4, 0.5) is 5.69 Å². The number of piperazine rings is 1. The fourth-order valence-corrected chi connectivity index (χ4v) is 3.31. The number of carbonyl (C=O) groups is 2. The quantitative estimate of drug-likeness (QED) is 0.664. The van der Waals surface area contributed by atoms with E-state index in [-0.39, 0.29) is 24.1 Å². The summed E-state index contributed by atoms with van der Waals surface area (Å²) in [5.74, 6) is 0.914. The van der Waals surface area contributed by atoms with E-state index in [9.17, 15) is 9.59 Å². The van der Waals surface area contributed by atoms with Gasteiger partial charge in [-0.25, -0.2) is 0 Å². The maximum Gasteiger partial charge on any atom is 0.287 e. The molecule has 9 nitrogen and oxygen atoms in total. The topological polar surface area (TPSA) is 105 Å². The zero-order valence-corrected chi connectivity index (χ0v) is 16.7. The molecule has 1 fully saturated rings. The zero-order valence-electron chi connectivity index (χ0n) is 16.7. The van der Waals surface area contributed by atoms with Gasteiger partial charge < -0.3 is 24.1 Å². The van der Waals surface area contributed by atoms with E-state index in [1.165, 1.54) is 6.26 Å². The molecule has 3 heterocycles. The van der Waals surface area contributed by atoms with Gasteiger partial charge in [-0.05, 0) is 36.4 Å².